The van der Waals surface area contributed by atoms with Crippen LogP contribution in [0.3, 0.4) is 0 Å². The van der Waals surface area contributed by atoms with Crippen molar-refractivity contribution in [1.29, 1.82) is 0 Å². The van der Waals surface area contributed by atoms with Gasteiger partial charge in [0, 0.05) is 24.7 Å². The number of halogens is 3. The number of hydrogen-bond acceptors (Lipinski definition) is 2. The van der Waals surface area contributed by atoms with Crippen molar-refractivity contribution in [3.8, 4) is 0 Å². The van der Waals surface area contributed by atoms with E-state index in [1.165, 1.54) is 0 Å². The van der Waals surface area contributed by atoms with E-state index in [0.29, 0.717) is 18.0 Å². The number of nitrogens with zero attached hydrogens (tertiary/aromatic N) is 1. The van der Waals surface area contributed by atoms with E-state index in [1.54, 1.807) is 12.1 Å². The first-order valence-corrected chi connectivity index (χ1v) is 5.98. The molecule has 5 heteroatoms. The molecule has 2 atom stereocenters. The second kappa shape index (κ2) is 6.45. The summed E-state index contributed by atoms with van der Waals surface area (Å²) in [5, 5.41) is 0. The molecular weight excluding hydrogens is 258 g/mol. The van der Waals surface area contributed by atoms with Crippen molar-refractivity contribution < 1.29 is 8.78 Å². The zero-order valence-electron chi connectivity index (χ0n) is 10.4. The molecule has 102 valence electrons. The number of nitrogens with two attached hydrogens (primary N) is 1. The minimum atomic E-state index is -0.774. The van der Waals surface area contributed by atoms with E-state index in [0.717, 1.165) is 25.6 Å². The number of likely N-dealkylation sites (tertiary alicyclic amines) is 1. The van der Waals surface area contributed by atoms with Crippen molar-refractivity contribution in [1.82, 2.24) is 4.90 Å². The molecule has 2 nitrogen and oxygen atoms in total. The topological polar surface area (TPSA) is 29.3 Å². The largest absolute Gasteiger partial charge is 0.327 e. The van der Waals surface area contributed by atoms with E-state index in [-0.39, 0.29) is 18.4 Å². The molecule has 0 aromatic heterocycles. The molecule has 0 spiro atoms. The van der Waals surface area contributed by atoms with Gasteiger partial charge in [-0.05, 0) is 24.9 Å². The first-order valence-electron chi connectivity index (χ1n) is 5.98. The quantitative estimate of drug-likeness (QED) is 0.900. The maximum absolute atomic E-state index is 13.5. The number of piperidine rings is 1. The average Bonchev–Trinajstić information content (AvgIpc) is 2.30. The van der Waals surface area contributed by atoms with E-state index in [1.807, 2.05) is 0 Å². The van der Waals surface area contributed by atoms with Crippen LogP contribution in [0.25, 0.3) is 0 Å². The van der Waals surface area contributed by atoms with Gasteiger partial charge < -0.3 is 5.73 Å². The zero-order chi connectivity index (χ0) is 12.4. The van der Waals surface area contributed by atoms with Gasteiger partial charge in [-0.2, -0.15) is 0 Å². The van der Waals surface area contributed by atoms with Gasteiger partial charge in [0.15, 0.2) is 11.6 Å². The van der Waals surface area contributed by atoms with Gasteiger partial charge in [0.2, 0.25) is 0 Å². The Morgan fingerprint density at radius 3 is 2.78 bits per heavy atom. The van der Waals surface area contributed by atoms with Crippen molar-refractivity contribution in [2.24, 2.45) is 11.7 Å². The molecule has 0 radical (unpaired) electrons. The molecule has 2 rings (SSSR count). The SMILES string of the molecule is CC1CN(Cc2cccc(F)c2F)CCC1N.Cl. The van der Waals surface area contributed by atoms with Crippen LogP contribution in [-0.2, 0) is 6.54 Å². The highest BCUT2D eigenvalue weighted by Crippen LogP contribution is 2.19. The van der Waals surface area contributed by atoms with Gasteiger partial charge in [-0.1, -0.05) is 19.1 Å². The summed E-state index contributed by atoms with van der Waals surface area (Å²) in [4.78, 5) is 2.13. The molecule has 1 aliphatic rings. The summed E-state index contributed by atoms with van der Waals surface area (Å²) in [7, 11) is 0. The number of hydrogen-bond donors (Lipinski definition) is 1. The Kier molecular flexibility index (Phi) is 5.50. The normalized spacial score (nSPS) is 24.7. The molecule has 0 saturated carbocycles. The molecular formula is C13H19ClF2N2. The van der Waals surface area contributed by atoms with Crippen LogP contribution < -0.4 is 5.73 Å². The highest BCUT2D eigenvalue weighted by Gasteiger charge is 2.23. The fourth-order valence-corrected chi connectivity index (χ4v) is 2.31. The Morgan fingerprint density at radius 1 is 1.39 bits per heavy atom. The fraction of sp³-hybridized carbons (Fsp3) is 0.538. The third-order valence-electron chi connectivity index (χ3n) is 3.48. The van der Waals surface area contributed by atoms with Crippen LogP contribution in [0.15, 0.2) is 18.2 Å². The van der Waals surface area contributed by atoms with Crippen molar-refractivity contribution in [2.45, 2.75) is 25.9 Å². The van der Waals surface area contributed by atoms with Gasteiger partial charge in [-0.15, -0.1) is 12.4 Å². The molecule has 1 aromatic rings. The van der Waals surface area contributed by atoms with Gasteiger partial charge in [0.05, 0.1) is 0 Å². The highest BCUT2D eigenvalue weighted by atomic mass is 35.5. The Bertz CT molecular complexity index is 401. The third-order valence-corrected chi connectivity index (χ3v) is 3.48. The first kappa shape index (κ1) is 15.3. The van der Waals surface area contributed by atoms with E-state index < -0.39 is 11.6 Å². The second-order valence-electron chi connectivity index (χ2n) is 4.88. The summed E-state index contributed by atoms with van der Waals surface area (Å²) < 4.78 is 26.6. The van der Waals surface area contributed by atoms with Crippen LogP contribution in [0.2, 0.25) is 0 Å². The molecule has 1 aromatic carbocycles. The molecule has 2 unspecified atom stereocenters. The van der Waals surface area contributed by atoms with E-state index in [9.17, 15) is 8.78 Å². The fourth-order valence-electron chi connectivity index (χ4n) is 2.31. The van der Waals surface area contributed by atoms with Gasteiger partial charge in [0.1, 0.15) is 0 Å². The van der Waals surface area contributed by atoms with Crippen LogP contribution >= 0.6 is 12.4 Å². The summed E-state index contributed by atoms with van der Waals surface area (Å²) in [6.07, 6.45) is 0.915. The average molecular weight is 277 g/mol. The van der Waals surface area contributed by atoms with Crippen LogP contribution in [0, 0.1) is 17.6 Å². The first-order chi connectivity index (χ1) is 8.08. The van der Waals surface area contributed by atoms with Crippen LogP contribution in [0.4, 0.5) is 8.78 Å². The van der Waals surface area contributed by atoms with E-state index in [2.05, 4.69) is 11.8 Å². The van der Waals surface area contributed by atoms with Gasteiger partial charge >= 0.3 is 0 Å². The van der Waals surface area contributed by atoms with Crippen molar-refractivity contribution >= 4 is 12.4 Å². The molecule has 1 heterocycles. The zero-order valence-corrected chi connectivity index (χ0v) is 11.2. The van der Waals surface area contributed by atoms with Gasteiger partial charge in [-0.3, -0.25) is 4.90 Å². The summed E-state index contributed by atoms with van der Waals surface area (Å²) in [6, 6.07) is 4.56. The lowest BCUT2D eigenvalue weighted by molar-refractivity contribution is 0.156. The number of rotatable bonds is 2. The highest BCUT2D eigenvalue weighted by molar-refractivity contribution is 5.85. The summed E-state index contributed by atoms with van der Waals surface area (Å²) in [6.45, 7) is 4.25. The Morgan fingerprint density at radius 2 is 2.11 bits per heavy atom. The maximum Gasteiger partial charge on any atom is 0.163 e. The van der Waals surface area contributed by atoms with E-state index >= 15 is 0 Å². The van der Waals surface area contributed by atoms with Gasteiger partial charge in [0.25, 0.3) is 0 Å². The lowest BCUT2D eigenvalue weighted by atomic mass is 9.94. The molecule has 0 aliphatic carbocycles. The van der Waals surface area contributed by atoms with Crippen molar-refractivity contribution in [3.05, 3.63) is 35.4 Å². The summed E-state index contributed by atoms with van der Waals surface area (Å²) in [5.41, 5.74) is 6.35. The predicted molar refractivity (Wildman–Crippen MR) is 70.6 cm³/mol. The third kappa shape index (κ3) is 3.40. The minimum Gasteiger partial charge on any atom is -0.327 e. The summed E-state index contributed by atoms with van der Waals surface area (Å²) in [5.74, 6) is -1.10. The number of benzene rings is 1. The second-order valence-corrected chi connectivity index (χ2v) is 4.88. The molecule has 2 N–H and O–H groups in total. The molecule has 1 fully saturated rings. The molecule has 0 bridgehead atoms. The lowest BCUT2D eigenvalue weighted by Crippen LogP contribution is -2.45. The monoisotopic (exact) mass is 276 g/mol. The maximum atomic E-state index is 13.5. The van der Waals surface area contributed by atoms with Gasteiger partial charge in [-0.25, -0.2) is 8.78 Å². The predicted octanol–water partition coefficient (Wildman–Crippen LogP) is 2.56. The van der Waals surface area contributed by atoms with Crippen LogP contribution in [0.1, 0.15) is 18.9 Å². The van der Waals surface area contributed by atoms with Crippen molar-refractivity contribution in [3.63, 3.8) is 0 Å². The van der Waals surface area contributed by atoms with Crippen LogP contribution in [-0.4, -0.2) is 24.0 Å². The van der Waals surface area contributed by atoms with Crippen LogP contribution in [0.5, 0.6) is 0 Å². The molecule has 1 saturated heterocycles. The Hall–Kier alpha value is -0.710. The molecule has 18 heavy (non-hydrogen) atoms. The molecule has 1 aliphatic heterocycles. The Balaban J connectivity index is 0.00000162. The smallest absolute Gasteiger partial charge is 0.163 e. The molecule has 0 amide bonds. The lowest BCUT2D eigenvalue weighted by Gasteiger charge is -2.35. The van der Waals surface area contributed by atoms with E-state index in [4.69, 9.17) is 5.73 Å². The summed E-state index contributed by atoms with van der Waals surface area (Å²) >= 11 is 0. The van der Waals surface area contributed by atoms with Crippen molar-refractivity contribution in [2.75, 3.05) is 13.1 Å². The Labute approximate surface area is 113 Å². The minimum absolute atomic E-state index is 0. The standard InChI is InChI=1S/C13H18F2N2.ClH/c1-9-7-17(6-5-12(9)16)8-10-3-2-4-11(14)13(10)15;/h2-4,9,12H,5-8,16H2,1H3;1H.